The van der Waals surface area contributed by atoms with Crippen LogP contribution in [-0.4, -0.2) is 33.5 Å². The normalized spacial score (nSPS) is 20.8. The lowest BCUT2D eigenvalue weighted by atomic mass is 10.0. The van der Waals surface area contributed by atoms with Crippen molar-refractivity contribution in [3.8, 4) is 0 Å². The van der Waals surface area contributed by atoms with Gasteiger partial charge in [-0.1, -0.05) is 12.1 Å². The summed E-state index contributed by atoms with van der Waals surface area (Å²) in [6.45, 7) is -0.0290. The van der Waals surface area contributed by atoms with E-state index in [0.717, 1.165) is 24.4 Å². The van der Waals surface area contributed by atoms with Crippen LogP contribution in [0.15, 0.2) is 42.6 Å². The van der Waals surface area contributed by atoms with Crippen molar-refractivity contribution >= 4 is 5.91 Å². The number of nitrogens with zero attached hydrogens (tertiary/aromatic N) is 2. The first-order valence-electron chi connectivity index (χ1n) is 7.53. The van der Waals surface area contributed by atoms with Crippen LogP contribution in [0.1, 0.15) is 34.1 Å². The third-order valence-electron chi connectivity index (χ3n) is 4.09. The number of aromatic nitrogens is 1. The topological polar surface area (TPSA) is 53.4 Å². The van der Waals surface area contributed by atoms with Gasteiger partial charge in [-0.25, -0.2) is 9.37 Å². The van der Waals surface area contributed by atoms with Gasteiger partial charge in [-0.15, -0.1) is 0 Å². The lowest BCUT2D eigenvalue weighted by molar-refractivity contribution is -0.137. The Morgan fingerprint density at radius 3 is 2.64 bits per heavy atom. The van der Waals surface area contributed by atoms with Gasteiger partial charge in [0.05, 0.1) is 23.9 Å². The van der Waals surface area contributed by atoms with Gasteiger partial charge in [0.2, 0.25) is 0 Å². The summed E-state index contributed by atoms with van der Waals surface area (Å²) in [6.07, 6.45) is -4.35. The largest absolute Gasteiger partial charge is 0.416 e. The number of hydrogen-bond acceptors (Lipinski definition) is 3. The Kier molecular flexibility index (Phi) is 4.47. The number of amides is 1. The Bertz CT molecular complexity index is 777. The van der Waals surface area contributed by atoms with Crippen LogP contribution in [0, 0.1) is 5.82 Å². The lowest BCUT2D eigenvalue weighted by Gasteiger charge is -2.25. The smallest absolute Gasteiger partial charge is 0.391 e. The highest BCUT2D eigenvalue weighted by molar-refractivity contribution is 5.92. The second-order valence-corrected chi connectivity index (χ2v) is 5.85. The molecule has 0 spiro atoms. The number of rotatable bonds is 2. The molecule has 25 heavy (non-hydrogen) atoms. The Morgan fingerprint density at radius 1 is 1.24 bits per heavy atom. The SMILES string of the molecule is O=C(c1ccc(F)cn1)N1C[C@@H](O)C[C@@H]1c1cccc(C(F)(F)F)c1. The van der Waals surface area contributed by atoms with E-state index in [1.54, 1.807) is 0 Å². The molecule has 8 heteroatoms. The van der Waals surface area contributed by atoms with E-state index in [-0.39, 0.29) is 24.2 Å². The molecule has 1 aliphatic rings. The predicted octanol–water partition coefficient (Wildman–Crippen LogP) is 3.19. The van der Waals surface area contributed by atoms with E-state index in [2.05, 4.69) is 4.98 Å². The maximum atomic E-state index is 13.0. The summed E-state index contributed by atoms with van der Waals surface area (Å²) < 4.78 is 51.7. The van der Waals surface area contributed by atoms with Gasteiger partial charge in [0, 0.05) is 6.54 Å². The first kappa shape index (κ1) is 17.3. The molecule has 4 nitrogen and oxygen atoms in total. The number of benzene rings is 1. The maximum Gasteiger partial charge on any atom is 0.416 e. The van der Waals surface area contributed by atoms with Crippen molar-refractivity contribution in [2.75, 3.05) is 6.54 Å². The van der Waals surface area contributed by atoms with E-state index in [1.807, 2.05) is 0 Å². The van der Waals surface area contributed by atoms with Crippen molar-refractivity contribution in [2.24, 2.45) is 0 Å². The fraction of sp³-hybridized carbons (Fsp3) is 0.294. The van der Waals surface area contributed by atoms with E-state index in [9.17, 15) is 27.5 Å². The first-order valence-corrected chi connectivity index (χ1v) is 7.53. The number of β-amino-alcohol motifs (C(OH)–C–C–N with tert-alkyl or cyclic N) is 1. The van der Waals surface area contributed by atoms with Gasteiger partial charge in [0.1, 0.15) is 11.5 Å². The van der Waals surface area contributed by atoms with Crippen molar-refractivity contribution in [3.05, 3.63) is 65.2 Å². The molecule has 1 aliphatic heterocycles. The number of pyridine rings is 1. The van der Waals surface area contributed by atoms with E-state index in [4.69, 9.17) is 0 Å². The van der Waals surface area contributed by atoms with Crippen LogP contribution >= 0.6 is 0 Å². The molecule has 0 bridgehead atoms. The number of carbonyl (C=O) groups is 1. The molecule has 0 aliphatic carbocycles. The predicted molar refractivity (Wildman–Crippen MR) is 80.0 cm³/mol. The fourth-order valence-corrected chi connectivity index (χ4v) is 2.93. The Hall–Kier alpha value is -2.48. The van der Waals surface area contributed by atoms with Crippen LogP contribution in [0.2, 0.25) is 0 Å². The van der Waals surface area contributed by atoms with E-state index < -0.39 is 35.6 Å². The third-order valence-corrected chi connectivity index (χ3v) is 4.09. The van der Waals surface area contributed by atoms with Crippen LogP contribution in [0.5, 0.6) is 0 Å². The van der Waals surface area contributed by atoms with Crippen molar-refractivity contribution < 1.29 is 27.5 Å². The summed E-state index contributed by atoms with van der Waals surface area (Å²) in [6, 6.07) is 6.23. The summed E-state index contributed by atoms with van der Waals surface area (Å²) in [7, 11) is 0. The molecule has 1 fully saturated rings. The Balaban J connectivity index is 1.92. The summed E-state index contributed by atoms with van der Waals surface area (Å²) >= 11 is 0. The molecule has 0 radical (unpaired) electrons. The zero-order valence-electron chi connectivity index (χ0n) is 12.9. The average Bonchev–Trinajstić information content (AvgIpc) is 2.96. The minimum atomic E-state index is -4.50. The van der Waals surface area contributed by atoms with Gasteiger partial charge < -0.3 is 10.0 Å². The molecule has 2 aromatic rings. The second kappa shape index (κ2) is 6.44. The van der Waals surface area contributed by atoms with Crippen molar-refractivity contribution in [1.82, 2.24) is 9.88 Å². The summed E-state index contributed by atoms with van der Waals surface area (Å²) in [5.74, 6) is -1.17. The second-order valence-electron chi connectivity index (χ2n) is 5.85. The number of aliphatic hydroxyl groups excluding tert-OH is 1. The highest BCUT2D eigenvalue weighted by atomic mass is 19.4. The lowest BCUT2D eigenvalue weighted by Crippen LogP contribution is -2.32. The number of hydrogen-bond donors (Lipinski definition) is 1. The van der Waals surface area contributed by atoms with E-state index >= 15 is 0 Å². The van der Waals surface area contributed by atoms with Crippen LogP contribution in [-0.2, 0) is 6.18 Å². The minimum absolute atomic E-state index is 0.0290. The average molecular weight is 354 g/mol. The monoisotopic (exact) mass is 354 g/mol. The molecule has 1 aromatic heterocycles. The van der Waals surface area contributed by atoms with E-state index in [0.29, 0.717) is 0 Å². The molecular formula is C17H14F4N2O2. The molecule has 1 saturated heterocycles. The van der Waals surface area contributed by atoms with Crippen LogP contribution in [0.4, 0.5) is 17.6 Å². The number of aliphatic hydroxyl groups is 1. The van der Waals surface area contributed by atoms with Crippen molar-refractivity contribution in [3.63, 3.8) is 0 Å². The number of halogens is 4. The molecule has 2 heterocycles. The van der Waals surface area contributed by atoms with Crippen LogP contribution in [0.25, 0.3) is 0 Å². The third kappa shape index (κ3) is 3.63. The summed E-state index contributed by atoms with van der Waals surface area (Å²) in [5.41, 5.74) is -0.576. The quantitative estimate of drug-likeness (QED) is 0.843. The zero-order valence-corrected chi connectivity index (χ0v) is 12.9. The minimum Gasteiger partial charge on any atom is -0.391 e. The van der Waals surface area contributed by atoms with Gasteiger partial charge in [0.15, 0.2) is 0 Å². The number of carbonyl (C=O) groups excluding carboxylic acids is 1. The molecule has 2 atom stereocenters. The highest BCUT2D eigenvalue weighted by Gasteiger charge is 2.38. The zero-order chi connectivity index (χ0) is 18.2. The molecule has 1 aromatic carbocycles. The van der Waals surface area contributed by atoms with Gasteiger partial charge in [-0.3, -0.25) is 4.79 Å². The number of likely N-dealkylation sites (tertiary alicyclic amines) is 1. The molecule has 3 rings (SSSR count). The molecule has 1 amide bonds. The molecule has 0 unspecified atom stereocenters. The summed E-state index contributed by atoms with van der Waals surface area (Å²) in [5, 5.41) is 9.90. The van der Waals surface area contributed by atoms with Gasteiger partial charge >= 0.3 is 6.18 Å². The van der Waals surface area contributed by atoms with E-state index in [1.165, 1.54) is 23.1 Å². The molecular weight excluding hydrogens is 340 g/mol. The van der Waals surface area contributed by atoms with Crippen molar-refractivity contribution in [1.29, 1.82) is 0 Å². The van der Waals surface area contributed by atoms with Crippen LogP contribution in [0.3, 0.4) is 0 Å². The first-order chi connectivity index (χ1) is 11.8. The summed E-state index contributed by atoms with van der Waals surface area (Å²) in [4.78, 5) is 17.5. The Morgan fingerprint density at radius 2 is 2.00 bits per heavy atom. The Labute approximate surface area is 140 Å². The highest BCUT2D eigenvalue weighted by Crippen LogP contribution is 2.36. The maximum absolute atomic E-state index is 13.0. The van der Waals surface area contributed by atoms with Crippen LogP contribution < -0.4 is 0 Å². The van der Waals surface area contributed by atoms with Gasteiger partial charge in [-0.05, 0) is 36.2 Å². The molecule has 1 N–H and O–H groups in total. The number of alkyl halides is 3. The molecule has 0 saturated carbocycles. The fourth-order valence-electron chi connectivity index (χ4n) is 2.93. The van der Waals surface area contributed by atoms with Crippen molar-refractivity contribution in [2.45, 2.75) is 24.7 Å². The molecule has 132 valence electrons. The van der Waals surface area contributed by atoms with Gasteiger partial charge in [0.25, 0.3) is 5.91 Å². The van der Waals surface area contributed by atoms with Gasteiger partial charge in [-0.2, -0.15) is 13.2 Å². The standard InChI is InChI=1S/C17H14F4N2O2/c18-12-4-5-14(22-8-12)16(25)23-9-13(24)7-15(23)10-2-1-3-11(6-10)17(19,20)21/h1-6,8,13,15,24H,7,9H2/t13-,15+/m0/s1.